The SMILES string of the molecule is O=C(Cc1csc(-c2ccco2)n1)N(CC1CCOC1)C1CC1. The van der Waals surface area contributed by atoms with E-state index in [0.29, 0.717) is 18.4 Å². The summed E-state index contributed by atoms with van der Waals surface area (Å²) in [6, 6.07) is 4.17. The van der Waals surface area contributed by atoms with Crippen molar-refractivity contribution in [2.75, 3.05) is 19.8 Å². The largest absolute Gasteiger partial charge is 0.462 e. The third kappa shape index (κ3) is 3.48. The van der Waals surface area contributed by atoms with Crippen LogP contribution in [0.25, 0.3) is 10.8 Å². The molecular formula is C17H20N2O3S. The highest BCUT2D eigenvalue weighted by atomic mass is 32.1. The van der Waals surface area contributed by atoms with Crippen LogP contribution in [0.2, 0.25) is 0 Å². The van der Waals surface area contributed by atoms with Crippen LogP contribution in [0.4, 0.5) is 0 Å². The number of amides is 1. The molecule has 0 aromatic carbocycles. The molecule has 0 radical (unpaired) electrons. The minimum atomic E-state index is 0.190. The van der Waals surface area contributed by atoms with Crippen molar-refractivity contribution in [3.8, 4) is 10.8 Å². The smallest absolute Gasteiger partial charge is 0.228 e. The number of furan rings is 1. The van der Waals surface area contributed by atoms with Crippen molar-refractivity contribution in [2.45, 2.75) is 31.7 Å². The minimum Gasteiger partial charge on any atom is -0.462 e. The molecule has 3 heterocycles. The maximum Gasteiger partial charge on any atom is 0.228 e. The molecule has 1 aliphatic heterocycles. The number of nitrogens with zero attached hydrogens (tertiary/aromatic N) is 2. The van der Waals surface area contributed by atoms with E-state index in [9.17, 15) is 4.79 Å². The van der Waals surface area contributed by atoms with Crippen LogP contribution in [0.5, 0.6) is 0 Å². The number of rotatable bonds is 6. The summed E-state index contributed by atoms with van der Waals surface area (Å²) in [6.45, 7) is 2.45. The summed E-state index contributed by atoms with van der Waals surface area (Å²) < 4.78 is 10.8. The van der Waals surface area contributed by atoms with Crippen LogP contribution >= 0.6 is 11.3 Å². The second kappa shape index (κ2) is 6.45. The number of hydrogen-bond acceptors (Lipinski definition) is 5. The summed E-state index contributed by atoms with van der Waals surface area (Å²) >= 11 is 1.52. The first-order valence-corrected chi connectivity index (χ1v) is 9.03. The Balaban J connectivity index is 1.41. The Morgan fingerprint density at radius 3 is 3.00 bits per heavy atom. The van der Waals surface area contributed by atoms with Crippen molar-refractivity contribution in [3.63, 3.8) is 0 Å². The van der Waals surface area contributed by atoms with Crippen molar-refractivity contribution < 1.29 is 13.9 Å². The third-order valence-electron chi connectivity index (χ3n) is 4.40. The average molecular weight is 332 g/mol. The first kappa shape index (κ1) is 14.9. The molecule has 2 fully saturated rings. The van der Waals surface area contributed by atoms with Gasteiger partial charge in [-0.1, -0.05) is 0 Å². The Bertz CT molecular complexity index is 657. The molecule has 2 aromatic rings. The van der Waals surface area contributed by atoms with E-state index in [-0.39, 0.29) is 5.91 Å². The third-order valence-corrected chi connectivity index (χ3v) is 5.31. The quantitative estimate of drug-likeness (QED) is 0.816. The number of hydrogen-bond donors (Lipinski definition) is 0. The fraction of sp³-hybridized carbons (Fsp3) is 0.529. The van der Waals surface area contributed by atoms with Crippen LogP contribution in [-0.2, 0) is 16.0 Å². The lowest BCUT2D eigenvalue weighted by Gasteiger charge is -2.25. The summed E-state index contributed by atoms with van der Waals surface area (Å²) in [5.74, 6) is 1.44. The van der Waals surface area contributed by atoms with Crippen molar-refractivity contribution in [2.24, 2.45) is 5.92 Å². The van der Waals surface area contributed by atoms with Crippen molar-refractivity contribution in [1.29, 1.82) is 0 Å². The van der Waals surface area contributed by atoms with Crippen LogP contribution in [0.1, 0.15) is 25.0 Å². The molecule has 122 valence electrons. The van der Waals surface area contributed by atoms with Gasteiger partial charge < -0.3 is 14.1 Å². The van der Waals surface area contributed by atoms with Crippen molar-refractivity contribution in [3.05, 3.63) is 29.5 Å². The monoisotopic (exact) mass is 332 g/mol. The van der Waals surface area contributed by atoms with Gasteiger partial charge in [0.2, 0.25) is 5.91 Å². The standard InChI is InChI=1S/C17H20N2O3S/c20-16(19(14-3-4-14)9-12-5-7-21-10-12)8-13-11-23-17(18-13)15-2-1-6-22-15/h1-2,6,11-12,14H,3-5,7-10H2. The lowest BCUT2D eigenvalue weighted by atomic mass is 10.1. The van der Waals surface area contributed by atoms with Crippen LogP contribution < -0.4 is 0 Å². The van der Waals surface area contributed by atoms with Gasteiger partial charge in [0, 0.05) is 30.5 Å². The van der Waals surface area contributed by atoms with E-state index in [0.717, 1.165) is 55.5 Å². The molecule has 1 unspecified atom stereocenters. The molecule has 23 heavy (non-hydrogen) atoms. The molecule has 1 saturated heterocycles. The predicted octanol–water partition coefficient (Wildman–Crippen LogP) is 2.97. The maximum atomic E-state index is 12.7. The Labute approximate surface area is 139 Å². The summed E-state index contributed by atoms with van der Waals surface area (Å²) in [4.78, 5) is 19.3. The maximum absolute atomic E-state index is 12.7. The summed E-state index contributed by atoms with van der Waals surface area (Å²) in [5, 5.41) is 2.79. The first-order valence-electron chi connectivity index (χ1n) is 8.15. The Hall–Kier alpha value is -1.66. The molecule has 0 spiro atoms. The van der Waals surface area contributed by atoms with E-state index in [4.69, 9.17) is 9.15 Å². The van der Waals surface area contributed by atoms with Crippen molar-refractivity contribution >= 4 is 17.2 Å². The highest BCUT2D eigenvalue weighted by Crippen LogP contribution is 2.30. The van der Waals surface area contributed by atoms with Gasteiger partial charge in [-0.25, -0.2) is 4.98 Å². The number of thiazole rings is 1. The van der Waals surface area contributed by atoms with E-state index < -0.39 is 0 Å². The Morgan fingerprint density at radius 1 is 1.39 bits per heavy atom. The molecule has 2 aliphatic rings. The highest BCUT2D eigenvalue weighted by Gasteiger charge is 2.34. The van der Waals surface area contributed by atoms with Crippen molar-refractivity contribution in [1.82, 2.24) is 9.88 Å². The van der Waals surface area contributed by atoms with Crippen LogP contribution in [0, 0.1) is 5.92 Å². The highest BCUT2D eigenvalue weighted by molar-refractivity contribution is 7.13. The van der Waals surface area contributed by atoms with E-state index in [2.05, 4.69) is 9.88 Å². The van der Waals surface area contributed by atoms with Gasteiger partial charge >= 0.3 is 0 Å². The number of ether oxygens (including phenoxy) is 1. The minimum absolute atomic E-state index is 0.190. The summed E-state index contributed by atoms with van der Waals surface area (Å²) in [5.41, 5.74) is 0.833. The number of aromatic nitrogens is 1. The molecule has 5 nitrogen and oxygen atoms in total. The van der Waals surface area contributed by atoms with Gasteiger partial charge in [-0.05, 0) is 31.4 Å². The number of carbonyl (C=O) groups excluding carboxylic acids is 1. The lowest BCUT2D eigenvalue weighted by molar-refractivity contribution is -0.131. The molecule has 1 aliphatic carbocycles. The van der Waals surface area contributed by atoms with Gasteiger partial charge in [0.05, 0.1) is 25.0 Å². The first-order chi connectivity index (χ1) is 11.3. The molecule has 1 atom stereocenters. The van der Waals surface area contributed by atoms with Crippen LogP contribution in [0.15, 0.2) is 28.2 Å². The van der Waals surface area contributed by atoms with Crippen LogP contribution in [0.3, 0.4) is 0 Å². The molecule has 4 rings (SSSR count). The topological polar surface area (TPSA) is 55.6 Å². The summed E-state index contributed by atoms with van der Waals surface area (Å²) in [7, 11) is 0. The van der Waals surface area contributed by atoms with Gasteiger partial charge in [0.25, 0.3) is 0 Å². The normalized spacial score (nSPS) is 20.8. The second-order valence-electron chi connectivity index (χ2n) is 6.30. The Morgan fingerprint density at radius 2 is 2.30 bits per heavy atom. The molecule has 2 aromatic heterocycles. The zero-order valence-electron chi connectivity index (χ0n) is 12.9. The number of carbonyl (C=O) groups is 1. The lowest BCUT2D eigenvalue weighted by Crippen LogP contribution is -2.38. The molecular weight excluding hydrogens is 312 g/mol. The zero-order chi connectivity index (χ0) is 15.6. The fourth-order valence-corrected chi connectivity index (χ4v) is 3.79. The van der Waals surface area contributed by atoms with E-state index in [1.54, 1.807) is 6.26 Å². The fourth-order valence-electron chi connectivity index (χ4n) is 3.00. The second-order valence-corrected chi connectivity index (χ2v) is 7.16. The Kier molecular flexibility index (Phi) is 4.18. The average Bonchev–Trinajstić information content (AvgIpc) is 3.02. The van der Waals surface area contributed by atoms with E-state index in [1.807, 2.05) is 17.5 Å². The summed E-state index contributed by atoms with van der Waals surface area (Å²) in [6.07, 6.45) is 5.35. The van der Waals surface area contributed by atoms with Gasteiger partial charge in [0.1, 0.15) is 0 Å². The van der Waals surface area contributed by atoms with Crippen LogP contribution in [-0.4, -0.2) is 41.6 Å². The van der Waals surface area contributed by atoms with E-state index in [1.165, 1.54) is 11.3 Å². The van der Waals surface area contributed by atoms with Gasteiger partial charge in [-0.2, -0.15) is 0 Å². The van der Waals surface area contributed by atoms with E-state index >= 15 is 0 Å². The zero-order valence-corrected chi connectivity index (χ0v) is 13.8. The molecule has 1 amide bonds. The molecule has 0 bridgehead atoms. The molecule has 0 N–H and O–H groups in total. The molecule has 6 heteroatoms. The molecule has 1 saturated carbocycles. The predicted molar refractivity (Wildman–Crippen MR) is 87.2 cm³/mol. The van der Waals surface area contributed by atoms with Gasteiger partial charge in [0.15, 0.2) is 10.8 Å². The van der Waals surface area contributed by atoms with Gasteiger partial charge in [-0.3, -0.25) is 4.79 Å². The van der Waals surface area contributed by atoms with Gasteiger partial charge in [-0.15, -0.1) is 11.3 Å².